The van der Waals surface area contributed by atoms with Crippen LogP contribution in [-0.2, 0) is 20.4 Å². The quantitative estimate of drug-likeness (QED) is 0.470. The SMILES string of the molecule is CN1C(=O)C(=Cc2cc3c(s2)N2CCC(C)(C)c4cccc(c42)C3(C)C)C(=O)N(C)C1=O. The van der Waals surface area contributed by atoms with Crippen molar-refractivity contribution in [3.8, 4) is 0 Å². The molecule has 4 amide bonds. The van der Waals surface area contributed by atoms with Crippen molar-refractivity contribution in [3.05, 3.63) is 51.4 Å². The molecule has 2 aromatic rings. The highest BCUT2D eigenvalue weighted by Gasteiger charge is 2.44. The summed E-state index contributed by atoms with van der Waals surface area (Å²) in [5.41, 5.74) is 5.10. The van der Waals surface area contributed by atoms with E-state index in [1.165, 1.54) is 41.5 Å². The van der Waals surface area contributed by atoms with Crippen LogP contribution in [0.15, 0.2) is 29.8 Å². The van der Waals surface area contributed by atoms with E-state index in [-0.39, 0.29) is 16.4 Å². The maximum Gasteiger partial charge on any atom is 0.333 e. The van der Waals surface area contributed by atoms with Gasteiger partial charge < -0.3 is 4.90 Å². The van der Waals surface area contributed by atoms with Crippen LogP contribution in [-0.4, -0.2) is 48.3 Å². The van der Waals surface area contributed by atoms with Crippen molar-refractivity contribution in [2.75, 3.05) is 25.5 Å². The normalized spacial score (nSPS) is 21.0. The lowest BCUT2D eigenvalue weighted by atomic mass is 9.69. The standard InChI is InChI=1S/C25H27N3O3S/c1-24(2)10-11-28-19-16(24)8-7-9-17(19)25(3,4)18-13-14(32-22(18)28)12-15-20(29)26(5)23(31)27(6)21(15)30/h7-9,12-13H,10-11H2,1-6H3. The molecular formula is C25H27N3O3S. The van der Waals surface area contributed by atoms with Crippen LogP contribution >= 0.6 is 11.3 Å². The van der Waals surface area contributed by atoms with E-state index in [9.17, 15) is 14.4 Å². The minimum absolute atomic E-state index is 0.0176. The van der Waals surface area contributed by atoms with Crippen LogP contribution in [0.1, 0.15) is 55.7 Å². The van der Waals surface area contributed by atoms with Crippen molar-refractivity contribution in [3.63, 3.8) is 0 Å². The summed E-state index contributed by atoms with van der Waals surface area (Å²) in [6.07, 6.45) is 2.69. The number of amides is 4. The Kier molecular flexibility index (Phi) is 4.28. The summed E-state index contributed by atoms with van der Waals surface area (Å²) in [5.74, 6) is -1.12. The van der Waals surface area contributed by atoms with Gasteiger partial charge in [0.2, 0.25) is 0 Å². The predicted molar refractivity (Wildman–Crippen MR) is 126 cm³/mol. The number of hydrogen-bond donors (Lipinski definition) is 0. The zero-order chi connectivity index (χ0) is 23.2. The molecule has 3 aliphatic rings. The maximum atomic E-state index is 12.7. The van der Waals surface area contributed by atoms with Gasteiger partial charge in [-0.25, -0.2) is 4.79 Å². The minimum Gasteiger partial charge on any atom is -0.332 e. The lowest BCUT2D eigenvalue weighted by Crippen LogP contribution is -2.52. The fourth-order valence-corrected chi connectivity index (χ4v) is 6.40. The van der Waals surface area contributed by atoms with Crippen molar-refractivity contribution < 1.29 is 14.4 Å². The Labute approximate surface area is 192 Å². The van der Waals surface area contributed by atoms with Gasteiger partial charge in [0.05, 0.1) is 0 Å². The number of carbonyl (C=O) groups is 3. The zero-order valence-corrected chi connectivity index (χ0v) is 20.1. The minimum atomic E-state index is -0.609. The molecule has 6 nitrogen and oxygen atoms in total. The van der Waals surface area contributed by atoms with Crippen LogP contribution in [0.3, 0.4) is 0 Å². The van der Waals surface area contributed by atoms with Gasteiger partial charge in [0, 0.05) is 36.6 Å². The molecule has 166 valence electrons. The number of rotatable bonds is 1. The van der Waals surface area contributed by atoms with E-state index in [0.717, 1.165) is 27.6 Å². The van der Waals surface area contributed by atoms with Gasteiger partial charge in [-0.15, -0.1) is 11.3 Å². The van der Waals surface area contributed by atoms with Gasteiger partial charge in [-0.2, -0.15) is 0 Å². The molecule has 0 saturated carbocycles. The lowest BCUT2D eigenvalue weighted by Gasteiger charge is -2.47. The summed E-state index contributed by atoms with van der Waals surface area (Å²) in [5, 5.41) is 1.17. The molecule has 0 unspecified atom stereocenters. The molecule has 0 aliphatic carbocycles. The molecule has 4 heterocycles. The average molecular weight is 450 g/mol. The first-order valence-corrected chi connectivity index (χ1v) is 11.6. The fraction of sp³-hybridized carbons (Fsp3) is 0.400. The molecule has 3 aliphatic heterocycles. The van der Waals surface area contributed by atoms with Crippen molar-refractivity contribution in [2.45, 2.75) is 44.9 Å². The number of likely N-dealkylation sites (N-methyl/N-ethyl adjacent to an activating group) is 2. The number of carbonyl (C=O) groups excluding carboxylic acids is 3. The van der Waals surface area contributed by atoms with Crippen LogP contribution < -0.4 is 4.90 Å². The predicted octanol–water partition coefficient (Wildman–Crippen LogP) is 4.64. The number of benzene rings is 1. The first-order chi connectivity index (χ1) is 14.9. The monoisotopic (exact) mass is 449 g/mol. The third-order valence-electron chi connectivity index (χ3n) is 7.25. The lowest BCUT2D eigenvalue weighted by molar-refractivity contribution is -0.134. The Morgan fingerprint density at radius 2 is 1.56 bits per heavy atom. The molecule has 0 bridgehead atoms. The number of imide groups is 2. The first-order valence-electron chi connectivity index (χ1n) is 10.8. The van der Waals surface area contributed by atoms with E-state index >= 15 is 0 Å². The average Bonchev–Trinajstić information content (AvgIpc) is 3.18. The molecule has 32 heavy (non-hydrogen) atoms. The topological polar surface area (TPSA) is 60.9 Å². The number of nitrogens with zero attached hydrogens (tertiary/aromatic N) is 3. The second-order valence-corrected chi connectivity index (χ2v) is 11.1. The molecule has 7 heteroatoms. The summed E-state index contributed by atoms with van der Waals surface area (Å²) in [7, 11) is 2.80. The maximum absolute atomic E-state index is 12.7. The van der Waals surface area contributed by atoms with Gasteiger partial charge in [0.15, 0.2) is 0 Å². The number of hydrogen-bond acceptors (Lipinski definition) is 5. The van der Waals surface area contributed by atoms with Crippen molar-refractivity contribution in [1.82, 2.24) is 9.80 Å². The zero-order valence-electron chi connectivity index (χ0n) is 19.3. The molecule has 0 radical (unpaired) electrons. The summed E-state index contributed by atoms with van der Waals surface area (Å²) < 4.78 is 0. The Morgan fingerprint density at radius 1 is 0.938 bits per heavy atom. The number of anilines is 2. The van der Waals surface area contributed by atoms with E-state index in [1.807, 2.05) is 0 Å². The second kappa shape index (κ2) is 6.54. The van der Waals surface area contributed by atoms with Gasteiger partial charge in [-0.05, 0) is 40.7 Å². The van der Waals surface area contributed by atoms with E-state index in [4.69, 9.17) is 0 Å². The largest absolute Gasteiger partial charge is 0.333 e. The molecule has 1 aromatic carbocycles. The van der Waals surface area contributed by atoms with E-state index < -0.39 is 17.8 Å². The van der Waals surface area contributed by atoms with Gasteiger partial charge in [-0.1, -0.05) is 45.9 Å². The summed E-state index contributed by atoms with van der Waals surface area (Å²) >= 11 is 1.60. The molecular weight excluding hydrogens is 422 g/mol. The Bertz CT molecular complexity index is 1210. The second-order valence-electron chi connectivity index (χ2n) is 10.0. The summed E-state index contributed by atoms with van der Waals surface area (Å²) in [6, 6.07) is 8.10. The highest BCUT2D eigenvalue weighted by molar-refractivity contribution is 7.17. The molecule has 1 fully saturated rings. The van der Waals surface area contributed by atoms with Crippen LogP contribution in [0.5, 0.6) is 0 Å². The van der Waals surface area contributed by atoms with Crippen LogP contribution in [0.25, 0.3) is 6.08 Å². The van der Waals surface area contributed by atoms with Gasteiger partial charge in [0.1, 0.15) is 10.6 Å². The Balaban J connectivity index is 1.66. The first kappa shape index (κ1) is 20.9. The molecule has 5 rings (SSSR count). The van der Waals surface area contributed by atoms with Crippen molar-refractivity contribution >= 4 is 45.9 Å². The highest BCUT2D eigenvalue weighted by atomic mass is 32.1. The van der Waals surface area contributed by atoms with Gasteiger partial charge >= 0.3 is 6.03 Å². The summed E-state index contributed by atoms with van der Waals surface area (Å²) in [4.78, 5) is 42.6. The molecule has 0 spiro atoms. The number of thiophene rings is 1. The smallest absolute Gasteiger partial charge is 0.332 e. The molecule has 1 aromatic heterocycles. The van der Waals surface area contributed by atoms with Crippen LogP contribution in [0, 0.1) is 0 Å². The van der Waals surface area contributed by atoms with E-state index in [1.54, 1.807) is 17.4 Å². The summed E-state index contributed by atoms with van der Waals surface area (Å²) in [6.45, 7) is 10.0. The number of barbiturate groups is 1. The number of fused-ring (bicyclic) bond motifs is 2. The van der Waals surface area contributed by atoms with Crippen LogP contribution in [0.2, 0.25) is 0 Å². The highest BCUT2D eigenvalue weighted by Crippen LogP contribution is 2.57. The van der Waals surface area contributed by atoms with E-state index in [0.29, 0.717) is 0 Å². The number of para-hydroxylation sites is 1. The van der Waals surface area contributed by atoms with Gasteiger partial charge in [0.25, 0.3) is 11.8 Å². The van der Waals surface area contributed by atoms with E-state index in [2.05, 4.69) is 56.9 Å². The van der Waals surface area contributed by atoms with Crippen molar-refractivity contribution in [1.29, 1.82) is 0 Å². The fourth-order valence-electron chi connectivity index (χ4n) is 5.11. The Morgan fingerprint density at radius 3 is 2.22 bits per heavy atom. The number of urea groups is 1. The third kappa shape index (κ3) is 2.67. The van der Waals surface area contributed by atoms with Gasteiger partial charge in [-0.3, -0.25) is 19.4 Å². The third-order valence-corrected chi connectivity index (χ3v) is 8.35. The molecule has 0 N–H and O–H groups in total. The van der Waals surface area contributed by atoms with Crippen LogP contribution in [0.4, 0.5) is 15.5 Å². The molecule has 1 saturated heterocycles. The molecule has 0 atom stereocenters. The Hall–Kier alpha value is -2.93. The van der Waals surface area contributed by atoms with Crippen molar-refractivity contribution in [2.24, 2.45) is 0 Å².